The first kappa shape index (κ1) is 47.5. The van der Waals surface area contributed by atoms with Crippen molar-refractivity contribution in [3.63, 3.8) is 0 Å². The van der Waals surface area contributed by atoms with E-state index < -0.39 is 71.2 Å². The molecule has 2 aromatic carbocycles. The highest BCUT2D eigenvalue weighted by Gasteiger charge is 2.30. The average Bonchev–Trinajstić information content (AvgIpc) is 3.14. The molecule has 0 aliphatic rings. The Bertz CT molecular complexity index is 1610. The predicted octanol–water partition coefficient (Wildman–Crippen LogP) is 4.76. The molecular weight excluding hydrogens is 740 g/mol. The largest absolute Gasteiger partial charge is 0.467 e. The molecule has 0 unspecified atom stereocenters. The number of benzene rings is 2. The van der Waals surface area contributed by atoms with Crippen LogP contribution >= 0.6 is 0 Å². The van der Waals surface area contributed by atoms with Crippen molar-refractivity contribution >= 4 is 41.9 Å². The summed E-state index contributed by atoms with van der Waals surface area (Å²) in [5.74, 6) is -3.20. The second-order valence-corrected chi connectivity index (χ2v) is 15.1. The third-order valence-corrected chi connectivity index (χ3v) is 7.80. The van der Waals surface area contributed by atoms with Crippen LogP contribution in [0.2, 0.25) is 0 Å². The maximum absolute atomic E-state index is 13.4. The summed E-state index contributed by atoms with van der Waals surface area (Å²) in [6.07, 6.45) is -1.54. The molecule has 0 radical (unpaired) electrons. The van der Waals surface area contributed by atoms with E-state index in [9.17, 15) is 33.6 Å². The van der Waals surface area contributed by atoms with E-state index >= 15 is 0 Å². The summed E-state index contributed by atoms with van der Waals surface area (Å²) in [5.41, 5.74) is -0.119. The summed E-state index contributed by atoms with van der Waals surface area (Å²) in [6.45, 7) is 10.2. The highest BCUT2D eigenvalue weighted by Crippen LogP contribution is 2.12. The van der Waals surface area contributed by atoms with Crippen LogP contribution in [0, 0.1) is 0 Å². The van der Waals surface area contributed by atoms with E-state index in [0.29, 0.717) is 12.8 Å². The molecule has 0 saturated carbocycles. The Kier molecular flexibility index (Phi) is 20.1. The number of rotatable bonds is 21. The van der Waals surface area contributed by atoms with Gasteiger partial charge in [-0.2, -0.15) is 0 Å². The van der Waals surface area contributed by atoms with Gasteiger partial charge in [0.1, 0.15) is 42.5 Å². The fraction of sp³-hybridized carbons (Fsp3) is 0.537. The van der Waals surface area contributed by atoms with Crippen LogP contribution in [0.1, 0.15) is 97.6 Å². The highest BCUT2D eigenvalue weighted by atomic mass is 16.6. The summed E-state index contributed by atoms with van der Waals surface area (Å²) < 4.78 is 26.1. The number of nitrogens with one attached hydrogen (secondary N) is 4. The van der Waals surface area contributed by atoms with Gasteiger partial charge in [0.2, 0.25) is 11.8 Å². The van der Waals surface area contributed by atoms with Gasteiger partial charge in [0.15, 0.2) is 0 Å². The van der Waals surface area contributed by atoms with Crippen molar-refractivity contribution in [1.29, 1.82) is 0 Å². The third-order valence-electron chi connectivity index (χ3n) is 7.80. The van der Waals surface area contributed by atoms with Gasteiger partial charge in [-0.3, -0.25) is 19.2 Å². The van der Waals surface area contributed by atoms with Crippen LogP contribution in [-0.2, 0) is 60.9 Å². The predicted molar refractivity (Wildman–Crippen MR) is 208 cm³/mol. The monoisotopic (exact) mass is 798 g/mol. The minimum atomic E-state index is -1.26. The molecule has 57 heavy (non-hydrogen) atoms. The second-order valence-electron chi connectivity index (χ2n) is 15.1. The van der Waals surface area contributed by atoms with Gasteiger partial charge in [0.05, 0.1) is 7.11 Å². The molecule has 16 nitrogen and oxygen atoms in total. The Morgan fingerprint density at radius 1 is 0.561 bits per heavy atom. The Balaban J connectivity index is 1.98. The van der Waals surface area contributed by atoms with Crippen LogP contribution in [-0.4, -0.2) is 84.9 Å². The highest BCUT2D eigenvalue weighted by molar-refractivity contribution is 5.90. The van der Waals surface area contributed by atoms with Gasteiger partial charge in [0, 0.05) is 19.4 Å². The number of carbonyl (C=O) groups excluding carboxylic acids is 7. The van der Waals surface area contributed by atoms with Gasteiger partial charge in [-0.25, -0.2) is 14.4 Å². The second kappa shape index (κ2) is 24.1. The van der Waals surface area contributed by atoms with Gasteiger partial charge >= 0.3 is 30.1 Å². The van der Waals surface area contributed by atoms with Crippen molar-refractivity contribution in [2.24, 2.45) is 0 Å². The Hall–Kier alpha value is -5.67. The molecule has 4 N–H and O–H groups in total. The van der Waals surface area contributed by atoms with Crippen molar-refractivity contribution in [1.82, 2.24) is 21.3 Å². The zero-order valence-corrected chi connectivity index (χ0v) is 34.0. The Morgan fingerprint density at radius 3 is 1.42 bits per heavy atom. The molecule has 2 aromatic rings. The number of hydrogen-bond donors (Lipinski definition) is 4. The molecule has 3 atom stereocenters. The maximum Gasteiger partial charge on any atom is 0.408 e. The van der Waals surface area contributed by atoms with E-state index in [1.54, 1.807) is 65.8 Å². The molecule has 0 aliphatic carbocycles. The van der Waals surface area contributed by atoms with Crippen LogP contribution in [0.25, 0.3) is 0 Å². The van der Waals surface area contributed by atoms with Crippen LogP contribution < -0.4 is 21.3 Å². The number of methoxy groups -OCH3 is 1. The van der Waals surface area contributed by atoms with E-state index in [2.05, 4.69) is 21.3 Å². The number of ether oxygens (including phenoxy) is 5. The van der Waals surface area contributed by atoms with Crippen LogP contribution in [0.5, 0.6) is 0 Å². The van der Waals surface area contributed by atoms with Crippen molar-refractivity contribution < 1.29 is 57.2 Å². The quantitative estimate of drug-likeness (QED) is 0.0765. The molecular formula is C41H58N4O12. The first-order chi connectivity index (χ1) is 26.8. The summed E-state index contributed by atoms with van der Waals surface area (Å²) in [7, 11) is 1.16. The molecule has 0 aliphatic heterocycles. The minimum absolute atomic E-state index is 0.0334. The number of hydrogen-bond acceptors (Lipinski definition) is 12. The number of esters is 3. The SMILES string of the molecule is COC(=O)[C@H](CCCCNC(=O)[C@H](CCC(=O)OCc1ccccc1)NC(=O)OC(C)(C)C)NC(=O)[C@H](CCC(=O)OCc1ccccc1)NC(=O)OC(C)(C)C. The lowest BCUT2D eigenvalue weighted by atomic mass is 10.1. The Morgan fingerprint density at radius 2 is 1.00 bits per heavy atom. The van der Waals surface area contributed by atoms with Crippen LogP contribution in [0.15, 0.2) is 60.7 Å². The van der Waals surface area contributed by atoms with Gasteiger partial charge in [-0.05, 0) is 84.8 Å². The van der Waals surface area contributed by atoms with Crippen molar-refractivity contribution in [3.05, 3.63) is 71.8 Å². The molecule has 314 valence electrons. The normalized spacial score (nSPS) is 12.8. The first-order valence-electron chi connectivity index (χ1n) is 18.9. The fourth-order valence-corrected chi connectivity index (χ4v) is 5.05. The number of unbranched alkanes of at least 4 members (excludes halogenated alkanes) is 1. The van der Waals surface area contributed by atoms with E-state index in [1.165, 1.54) is 0 Å². The Labute approximate surface area is 334 Å². The summed E-state index contributed by atoms with van der Waals surface area (Å²) >= 11 is 0. The molecule has 4 amide bonds. The van der Waals surface area contributed by atoms with Crippen molar-refractivity contribution in [3.8, 4) is 0 Å². The van der Waals surface area contributed by atoms with Gasteiger partial charge < -0.3 is 45.0 Å². The van der Waals surface area contributed by atoms with E-state index in [4.69, 9.17) is 23.7 Å². The molecule has 2 rings (SSSR count). The molecule has 0 aromatic heterocycles. The van der Waals surface area contributed by atoms with Gasteiger partial charge in [0.25, 0.3) is 0 Å². The molecule has 16 heteroatoms. The zero-order chi connectivity index (χ0) is 42.4. The van der Waals surface area contributed by atoms with Crippen molar-refractivity contribution in [2.75, 3.05) is 13.7 Å². The maximum atomic E-state index is 13.4. The minimum Gasteiger partial charge on any atom is -0.467 e. The average molecular weight is 799 g/mol. The summed E-state index contributed by atoms with van der Waals surface area (Å²) in [6, 6.07) is 14.6. The smallest absolute Gasteiger partial charge is 0.408 e. The van der Waals surface area contributed by atoms with E-state index in [-0.39, 0.29) is 51.9 Å². The van der Waals surface area contributed by atoms with Crippen molar-refractivity contribution in [2.45, 2.75) is 129 Å². The topological polar surface area (TPSA) is 214 Å². The molecule has 0 bridgehead atoms. The van der Waals surface area contributed by atoms with Gasteiger partial charge in [-0.15, -0.1) is 0 Å². The van der Waals surface area contributed by atoms with Gasteiger partial charge in [-0.1, -0.05) is 60.7 Å². The molecule has 0 heterocycles. The van der Waals surface area contributed by atoms with E-state index in [1.807, 2.05) is 36.4 Å². The lowest BCUT2D eigenvalue weighted by Gasteiger charge is -2.25. The molecule has 0 saturated heterocycles. The number of carbonyl (C=O) groups is 7. The molecule has 0 spiro atoms. The lowest BCUT2D eigenvalue weighted by Crippen LogP contribution is -2.52. The summed E-state index contributed by atoms with van der Waals surface area (Å²) in [5, 5.41) is 10.3. The van der Waals surface area contributed by atoms with Crippen LogP contribution in [0.4, 0.5) is 9.59 Å². The lowest BCUT2D eigenvalue weighted by molar-refractivity contribution is -0.147. The number of alkyl carbamates (subject to hydrolysis) is 2. The van der Waals surface area contributed by atoms with E-state index in [0.717, 1.165) is 18.2 Å². The number of amides is 4. The van der Waals surface area contributed by atoms with Crippen LogP contribution in [0.3, 0.4) is 0 Å². The third kappa shape index (κ3) is 21.3. The zero-order valence-electron chi connectivity index (χ0n) is 34.0. The first-order valence-corrected chi connectivity index (χ1v) is 18.9. The summed E-state index contributed by atoms with van der Waals surface area (Å²) in [4.78, 5) is 89.4. The standard InChI is InChI=1S/C41H58N4O12/c1-40(2,3)56-38(51)44-30(21-23-33(46)54-26-28-16-10-8-11-17-28)35(48)42-25-15-14-20-32(37(50)53-7)43-36(49)31(45-39(52)57-41(4,5)6)22-24-34(47)55-27-29-18-12-9-13-19-29/h8-13,16-19,30-32H,14-15,20-27H2,1-7H3,(H,42,48)(H,43,49)(H,44,51)(H,45,52)/t30-,31-,32-/m0/s1. The fourth-order valence-electron chi connectivity index (χ4n) is 5.05. The molecule has 0 fully saturated rings.